The highest BCUT2D eigenvalue weighted by Crippen LogP contribution is 2.33. The van der Waals surface area contributed by atoms with Crippen molar-refractivity contribution in [2.24, 2.45) is 12.9 Å². The van der Waals surface area contributed by atoms with Gasteiger partial charge in [0.05, 0.1) is 11.7 Å². The maximum atomic E-state index is 5.64. The summed E-state index contributed by atoms with van der Waals surface area (Å²) in [5, 5.41) is 6.37. The molecule has 6 heteroatoms. The minimum Gasteiger partial charge on any atom is -0.275 e. The minimum atomic E-state index is -0.0110. The summed E-state index contributed by atoms with van der Waals surface area (Å²) in [4.78, 5) is 1.17. The quantitative estimate of drug-likeness (QED) is 0.674. The van der Waals surface area contributed by atoms with Crippen LogP contribution in [0.3, 0.4) is 0 Å². The zero-order valence-corrected chi connectivity index (χ0v) is 11.5. The van der Waals surface area contributed by atoms with Gasteiger partial charge >= 0.3 is 0 Å². The Balaban J connectivity index is 2.44. The van der Waals surface area contributed by atoms with Crippen LogP contribution in [0.4, 0.5) is 0 Å². The van der Waals surface area contributed by atoms with Crippen molar-refractivity contribution in [1.82, 2.24) is 15.2 Å². The number of nitrogens with two attached hydrogens (primary N) is 1. The highest BCUT2D eigenvalue weighted by atomic mass is 79.9. The largest absolute Gasteiger partial charge is 0.275 e. The van der Waals surface area contributed by atoms with Crippen LogP contribution in [0.25, 0.3) is 0 Å². The number of thiophene rings is 1. The van der Waals surface area contributed by atoms with Crippen LogP contribution in [-0.2, 0) is 7.05 Å². The molecule has 2 rings (SSSR count). The first kappa shape index (κ1) is 11.8. The Morgan fingerprint density at radius 2 is 2.38 bits per heavy atom. The summed E-state index contributed by atoms with van der Waals surface area (Å²) in [6.45, 7) is 1.99. The van der Waals surface area contributed by atoms with Gasteiger partial charge in [0, 0.05) is 28.2 Å². The fraction of sp³-hybridized carbons (Fsp3) is 0.300. The Morgan fingerprint density at radius 3 is 2.81 bits per heavy atom. The molecule has 0 bridgehead atoms. The molecule has 0 saturated heterocycles. The van der Waals surface area contributed by atoms with Gasteiger partial charge in [-0.05, 0) is 34.3 Å². The number of halogens is 1. The molecule has 0 fully saturated rings. The third kappa shape index (κ3) is 2.06. The SMILES string of the molecule is Cc1nn(C)cc1C(NN)c1sccc1Br. The zero-order chi connectivity index (χ0) is 11.7. The third-order valence-corrected chi connectivity index (χ3v) is 4.37. The molecule has 2 heterocycles. The predicted molar refractivity (Wildman–Crippen MR) is 69.1 cm³/mol. The van der Waals surface area contributed by atoms with Gasteiger partial charge in [0.15, 0.2) is 0 Å². The van der Waals surface area contributed by atoms with Crippen molar-refractivity contribution in [2.45, 2.75) is 13.0 Å². The van der Waals surface area contributed by atoms with Crippen molar-refractivity contribution < 1.29 is 0 Å². The first-order valence-electron chi connectivity index (χ1n) is 4.82. The van der Waals surface area contributed by atoms with Gasteiger partial charge < -0.3 is 0 Å². The summed E-state index contributed by atoms with van der Waals surface area (Å²) in [6, 6.07) is 2.01. The Hall–Kier alpha value is -0.690. The van der Waals surface area contributed by atoms with Crippen LogP contribution >= 0.6 is 27.3 Å². The highest BCUT2D eigenvalue weighted by molar-refractivity contribution is 9.10. The smallest absolute Gasteiger partial charge is 0.0846 e. The lowest BCUT2D eigenvalue weighted by molar-refractivity contribution is 0.641. The third-order valence-electron chi connectivity index (χ3n) is 2.44. The van der Waals surface area contributed by atoms with Gasteiger partial charge in [-0.25, -0.2) is 5.43 Å². The van der Waals surface area contributed by atoms with Gasteiger partial charge in [-0.2, -0.15) is 5.10 Å². The molecule has 86 valence electrons. The van der Waals surface area contributed by atoms with Gasteiger partial charge in [0.2, 0.25) is 0 Å². The molecule has 0 saturated carbocycles. The fourth-order valence-electron chi connectivity index (χ4n) is 1.72. The van der Waals surface area contributed by atoms with Crippen molar-refractivity contribution in [3.8, 4) is 0 Å². The molecule has 0 radical (unpaired) electrons. The molecule has 0 aliphatic rings. The molecule has 0 aliphatic heterocycles. The monoisotopic (exact) mass is 300 g/mol. The molecule has 16 heavy (non-hydrogen) atoms. The first-order chi connectivity index (χ1) is 7.63. The van der Waals surface area contributed by atoms with E-state index in [0.717, 1.165) is 15.7 Å². The molecule has 4 nitrogen and oxygen atoms in total. The second-order valence-electron chi connectivity index (χ2n) is 3.58. The van der Waals surface area contributed by atoms with Gasteiger partial charge in [-0.3, -0.25) is 10.5 Å². The van der Waals surface area contributed by atoms with E-state index in [9.17, 15) is 0 Å². The standard InChI is InChI=1S/C10H13BrN4S/c1-6-7(5-15(2)14-6)9(13-12)10-8(11)3-4-16-10/h3-5,9,13H,12H2,1-2H3. The summed E-state index contributed by atoms with van der Waals surface area (Å²) in [5.74, 6) is 5.64. The highest BCUT2D eigenvalue weighted by Gasteiger charge is 2.20. The average molecular weight is 301 g/mol. The molecular formula is C10H13BrN4S. The van der Waals surface area contributed by atoms with Crippen LogP contribution in [0, 0.1) is 6.92 Å². The fourth-order valence-corrected chi connectivity index (χ4v) is 3.40. The number of nitrogens with one attached hydrogen (secondary N) is 1. The van der Waals surface area contributed by atoms with Gasteiger partial charge in [0.25, 0.3) is 0 Å². The van der Waals surface area contributed by atoms with E-state index in [-0.39, 0.29) is 6.04 Å². The van der Waals surface area contributed by atoms with E-state index in [4.69, 9.17) is 5.84 Å². The Bertz CT molecular complexity index is 491. The van der Waals surface area contributed by atoms with Gasteiger partial charge in [-0.15, -0.1) is 11.3 Å². The van der Waals surface area contributed by atoms with E-state index in [2.05, 4.69) is 26.5 Å². The van der Waals surface area contributed by atoms with Crippen LogP contribution in [0.1, 0.15) is 22.2 Å². The number of aryl methyl sites for hydroxylation is 2. The van der Waals surface area contributed by atoms with E-state index < -0.39 is 0 Å². The summed E-state index contributed by atoms with van der Waals surface area (Å²) in [7, 11) is 1.91. The molecule has 0 spiro atoms. The van der Waals surface area contributed by atoms with Gasteiger partial charge in [0.1, 0.15) is 0 Å². The number of aromatic nitrogens is 2. The molecule has 1 atom stereocenters. The van der Waals surface area contributed by atoms with E-state index in [1.54, 1.807) is 16.0 Å². The van der Waals surface area contributed by atoms with Crippen LogP contribution in [-0.4, -0.2) is 9.78 Å². The molecule has 3 N–H and O–H groups in total. The van der Waals surface area contributed by atoms with Crippen molar-refractivity contribution >= 4 is 27.3 Å². The van der Waals surface area contributed by atoms with E-state index in [1.807, 2.05) is 31.6 Å². The predicted octanol–water partition coefficient (Wildman–Crippen LogP) is 2.11. The van der Waals surface area contributed by atoms with Crippen molar-refractivity contribution in [3.63, 3.8) is 0 Å². The number of nitrogens with zero attached hydrogens (tertiary/aromatic N) is 2. The lowest BCUT2D eigenvalue weighted by Crippen LogP contribution is -2.28. The van der Waals surface area contributed by atoms with Gasteiger partial charge in [-0.1, -0.05) is 0 Å². The van der Waals surface area contributed by atoms with E-state index >= 15 is 0 Å². The number of rotatable bonds is 3. The Labute approximate surface area is 107 Å². The molecule has 0 aliphatic carbocycles. The molecule has 0 aromatic carbocycles. The maximum absolute atomic E-state index is 5.64. The van der Waals surface area contributed by atoms with Crippen molar-refractivity contribution in [1.29, 1.82) is 0 Å². The number of hydrogen-bond acceptors (Lipinski definition) is 4. The van der Waals surface area contributed by atoms with Crippen LogP contribution in [0.2, 0.25) is 0 Å². The lowest BCUT2D eigenvalue weighted by atomic mass is 10.1. The van der Waals surface area contributed by atoms with Crippen molar-refractivity contribution in [3.05, 3.63) is 38.3 Å². The molecule has 1 unspecified atom stereocenters. The first-order valence-corrected chi connectivity index (χ1v) is 6.50. The number of hydrogen-bond donors (Lipinski definition) is 2. The lowest BCUT2D eigenvalue weighted by Gasteiger charge is -2.14. The summed E-state index contributed by atoms with van der Waals surface area (Å²) in [6.07, 6.45) is 1.99. The van der Waals surface area contributed by atoms with Crippen LogP contribution in [0.5, 0.6) is 0 Å². The molecule has 0 amide bonds. The summed E-state index contributed by atoms with van der Waals surface area (Å²) >= 11 is 5.19. The van der Waals surface area contributed by atoms with Crippen LogP contribution in [0.15, 0.2) is 22.1 Å². The molecule has 2 aromatic heterocycles. The molecular weight excluding hydrogens is 288 g/mol. The maximum Gasteiger partial charge on any atom is 0.0846 e. The second-order valence-corrected chi connectivity index (χ2v) is 5.38. The number of hydrazine groups is 1. The van der Waals surface area contributed by atoms with Crippen molar-refractivity contribution in [2.75, 3.05) is 0 Å². The minimum absolute atomic E-state index is 0.0110. The topological polar surface area (TPSA) is 55.9 Å². The second kappa shape index (κ2) is 4.67. The van der Waals surface area contributed by atoms with E-state index in [1.165, 1.54) is 4.88 Å². The summed E-state index contributed by atoms with van der Waals surface area (Å²) in [5.41, 5.74) is 4.94. The van der Waals surface area contributed by atoms with Crippen LogP contribution < -0.4 is 11.3 Å². The zero-order valence-electron chi connectivity index (χ0n) is 9.07. The average Bonchev–Trinajstić information content (AvgIpc) is 2.77. The Kier molecular flexibility index (Phi) is 3.44. The normalized spacial score (nSPS) is 13.0. The molecule has 2 aromatic rings. The summed E-state index contributed by atoms with van der Waals surface area (Å²) < 4.78 is 2.87. The van der Waals surface area contributed by atoms with E-state index in [0.29, 0.717) is 0 Å². The Morgan fingerprint density at radius 1 is 1.62 bits per heavy atom.